The van der Waals surface area contributed by atoms with Crippen molar-refractivity contribution in [2.24, 2.45) is 0 Å². The maximum absolute atomic E-state index is 11.5. The second-order valence-electron chi connectivity index (χ2n) is 5.77. The van der Waals surface area contributed by atoms with E-state index in [0.29, 0.717) is 6.54 Å². The number of esters is 1. The summed E-state index contributed by atoms with van der Waals surface area (Å²) in [5.74, 6) is -3.04. The molecule has 0 saturated heterocycles. The molecule has 0 bridgehead atoms. The Morgan fingerprint density at radius 1 is 1.41 bits per heavy atom. The molecule has 1 atom stereocenters. The van der Waals surface area contributed by atoms with E-state index < -0.39 is 12.1 Å². The Labute approximate surface area is 168 Å². The molecule has 2 N–H and O–H groups in total. The third-order valence-corrected chi connectivity index (χ3v) is 4.63. The number of nitrogens with zero attached hydrogens (tertiary/aromatic N) is 3. The summed E-state index contributed by atoms with van der Waals surface area (Å²) in [7, 11) is 1.36. The molecule has 0 radical (unpaired) electrons. The van der Waals surface area contributed by atoms with Gasteiger partial charge in [-0.3, -0.25) is 14.3 Å². The van der Waals surface area contributed by atoms with Crippen LogP contribution in [0.5, 0.6) is 0 Å². The molecule has 1 aliphatic heterocycles. The van der Waals surface area contributed by atoms with Crippen molar-refractivity contribution in [2.75, 3.05) is 20.2 Å². The Balaban J connectivity index is 0.000000516. The summed E-state index contributed by atoms with van der Waals surface area (Å²) < 4.78 is 38.0. The lowest BCUT2D eigenvalue weighted by Gasteiger charge is -2.20. The van der Waals surface area contributed by atoms with Crippen LogP contribution >= 0.6 is 11.8 Å². The van der Waals surface area contributed by atoms with Crippen LogP contribution in [0.2, 0.25) is 0 Å². The predicted octanol–water partition coefficient (Wildman–Crippen LogP) is 1.71. The molecule has 162 valence electrons. The zero-order chi connectivity index (χ0) is 22.0. The number of thioether (sulfide) groups is 1. The molecule has 0 spiro atoms. The minimum atomic E-state index is -5.08. The molecule has 1 aliphatic rings. The van der Waals surface area contributed by atoms with Crippen molar-refractivity contribution in [3.8, 4) is 0 Å². The van der Waals surface area contributed by atoms with Crippen LogP contribution in [0, 0.1) is 0 Å². The number of carbonyl (C=O) groups excluding carboxylic acids is 2. The van der Waals surface area contributed by atoms with Crippen LogP contribution in [0.3, 0.4) is 0 Å². The number of ether oxygens (including phenoxy) is 1. The third-order valence-electron chi connectivity index (χ3n) is 3.52. The Hall–Kier alpha value is -2.41. The number of hydrogen-bond acceptors (Lipinski definition) is 8. The number of carboxylic acids is 1. The number of aliphatic carboxylic acids is 1. The Morgan fingerprint density at radius 3 is 2.55 bits per heavy atom. The third kappa shape index (κ3) is 9.09. The number of carboxylic acid groups (broad SMARTS) is 1. The largest absolute Gasteiger partial charge is 0.490 e. The first-order valence-corrected chi connectivity index (χ1v) is 9.26. The molecule has 0 aliphatic carbocycles. The molecule has 0 saturated carbocycles. The number of alkyl halides is 3. The van der Waals surface area contributed by atoms with E-state index >= 15 is 0 Å². The van der Waals surface area contributed by atoms with Crippen LogP contribution in [-0.4, -0.2) is 63.5 Å². The van der Waals surface area contributed by atoms with Crippen LogP contribution in [0.25, 0.3) is 0 Å². The van der Waals surface area contributed by atoms with Gasteiger partial charge in [-0.25, -0.2) is 4.79 Å². The minimum absolute atomic E-state index is 0.0422. The van der Waals surface area contributed by atoms with Gasteiger partial charge >= 0.3 is 18.1 Å². The Bertz CT molecular complexity index is 751. The van der Waals surface area contributed by atoms with Crippen LogP contribution < -0.4 is 5.32 Å². The SMILES string of the molecule is COC(=O)CCn1cc(C(SC(C)=O)C2=CCCNC2)nn1.O=C(O)C(F)(F)F. The van der Waals surface area contributed by atoms with E-state index in [2.05, 4.69) is 26.4 Å². The van der Waals surface area contributed by atoms with Crippen molar-refractivity contribution in [3.63, 3.8) is 0 Å². The molecule has 2 rings (SSSR count). The van der Waals surface area contributed by atoms with E-state index in [0.717, 1.165) is 30.8 Å². The van der Waals surface area contributed by atoms with Crippen molar-refractivity contribution in [3.05, 3.63) is 23.5 Å². The quantitative estimate of drug-likeness (QED) is 0.505. The van der Waals surface area contributed by atoms with Crippen molar-refractivity contribution < 1.29 is 37.4 Å². The molecule has 1 aromatic rings. The molecule has 1 aromatic heterocycles. The highest BCUT2D eigenvalue weighted by Gasteiger charge is 2.38. The van der Waals surface area contributed by atoms with E-state index in [9.17, 15) is 22.8 Å². The molecule has 1 unspecified atom stereocenters. The zero-order valence-electron chi connectivity index (χ0n) is 15.7. The summed E-state index contributed by atoms with van der Waals surface area (Å²) in [5, 5.41) is 18.5. The number of nitrogens with one attached hydrogen (secondary N) is 1. The fourth-order valence-electron chi connectivity index (χ4n) is 2.21. The van der Waals surface area contributed by atoms with Gasteiger partial charge in [0.2, 0.25) is 0 Å². The molecule has 2 heterocycles. The van der Waals surface area contributed by atoms with Gasteiger partial charge in [0.25, 0.3) is 0 Å². The van der Waals surface area contributed by atoms with Gasteiger partial charge in [-0.2, -0.15) is 13.2 Å². The summed E-state index contributed by atoms with van der Waals surface area (Å²) >= 11 is 1.25. The Kier molecular flexibility index (Phi) is 9.81. The average Bonchev–Trinajstić information content (AvgIpc) is 3.13. The molecule has 13 heteroatoms. The van der Waals surface area contributed by atoms with Gasteiger partial charge in [-0.15, -0.1) is 5.10 Å². The van der Waals surface area contributed by atoms with E-state index in [4.69, 9.17) is 9.90 Å². The fourth-order valence-corrected chi connectivity index (χ4v) is 3.10. The van der Waals surface area contributed by atoms with Gasteiger partial charge in [-0.1, -0.05) is 23.1 Å². The van der Waals surface area contributed by atoms with Crippen LogP contribution in [-0.2, 0) is 25.7 Å². The highest BCUT2D eigenvalue weighted by Crippen LogP contribution is 2.35. The summed E-state index contributed by atoms with van der Waals surface area (Å²) in [6.07, 6.45) is 0.0540. The molecule has 9 nitrogen and oxygen atoms in total. The highest BCUT2D eigenvalue weighted by atomic mass is 32.2. The minimum Gasteiger partial charge on any atom is -0.475 e. The number of hydrogen-bond donors (Lipinski definition) is 2. The van der Waals surface area contributed by atoms with Gasteiger partial charge in [-0.05, 0) is 18.5 Å². The molecule has 29 heavy (non-hydrogen) atoms. The predicted molar refractivity (Wildman–Crippen MR) is 96.9 cm³/mol. The average molecular weight is 438 g/mol. The van der Waals surface area contributed by atoms with Gasteiger partial charge in [0, 0.05) is 19.7 Å². The van der Waals surface area contributed by atoms with Crippen LogP contribution in [0.15, 0.2) is 17.8 Å². The molecular weight excluding hydrogens is 417 g/mol. The fraction of sp³-hybridized carbons (Fsp3) is 0.562. The number of rotatable bonds is 6. The standard InChI is InChI=1S/C14H20N4O3S.C2HF3O2/c1-10(19)22-14(11-4-3-6-15-8-11)12-9-18(17-16-12)7-5-13(20)21-2;3-2(4,5)1(6)7/h4,9,14-15H,3,5-8H2,1-2H3;(H,6,7). The van der Waals surface area contributed by atoms with Crippen molar-refractivity contribution in [1.82, 2.24) is 20.3 Å². The van der Waals surface area contributed by atoms with Crippen molar-refractivity contribution >= 4 is 28.8 Å². The first kappa shape index (κ1) is 24.6. The molecule has 0 amide bonds. The molecule has 0 aromatic carbocycles. The van der Waals surface area contributed by atoms with Gasteiger partial charge in [0.1, 0.15) is 5.69 Å². The number of methoxy groups -OCH3 is 1. The lowest BCUT2D eigenvalue weighted by atomic mass is 10.1. The number of aromatic nitrogens is 3. The lowest BCUT2D eigenvalue weighted by Crippen LogP contribution is -2.24. The zero-order valence-corrected chi connectivity index (χ0v) is 16.5. The topological polar surface area (TPSA) is 123 Å². The second kappa shape index (κ2) is 11.6. The van der Waals surface area contributed by atoms with Crippen LogP contribution in [0.1, 0.15) is 30.7 Å². The highest BCUT2D eigenvalue weighted by molar-refractivity contribution is 8.13. The summed E-state index contributed by atoms with van der Waals surface area (Å²) in [4.78, 5) is 31.6. The maximum Gasteiger partial charge on any atom is 0.490 e. The number of halogens is 3. The van der Waals surface area contributed by atoms with Crippen molar-refractivity contribution in [1.29, 1.82) is 0 Å². The van der Waals surface area contributed by atoms with E-state index in [1.807, 2.05) is 0 Å². The normalized spacial score (nSPS) is 14.9. The number of carbonyl (C=O) groups is 3. The maximum atomic E-state index is 11.5. The van der Waals surface area contributed by atoms with Gasteiger partial charge in [0.05, 0.1) is 25.3 Å². The second-order valence-corrected chi connectivity index (χ2v) is 7.05. The van der Waals surface area contributed by atoms with Gasteiger partial charge in [0.15, 0.2) is 5.12 Å². The van der Waals surface area contributed by atoms with Crippen molar-refractivity contribution in [2.45, 2.75) is 37.7 Å². The summed E-state index contributed by atoms with van der Waals surface area (Å²) in [6, 6.07) is 0. The Morgan fingerprint density at radius 2 is 2.07 bits per heavy atom. The lowest BCUT2D eigenvalue weighted by molar-refractivity contribution is -0.192. The van der Waals surface area contributed by atoms with E-state index in [-0.39, 0.29) is 22.8 Å². The molecule has 0 fully saturated rings. The monoisotopic (exact) mass is 438 g/mol. The number of aryl methyl sites for hydroxylation is 1. The van der Waals surface area contributed by atoms with E-state index in [1.165, 1.54) is 18.9 Å². The first-order valence-electron chi connectivity index (χ1n) is 8.38. The van der Waals surface area contributed by atoms with Crippen LogP contribution in [0.4, 0.5) is 13.2 Å². The first-order chi connectivity index (χ1) is 13.5. The smallest absolute Gasteiger partial charge is 0.475 e. The van der Waals surface area contributed by atoms with E-state index in [1.54, 1.807) is 17.8 Å². The van der Waals surface area contributed by atoms with Gasteiger partial charge < -0.3 is 15.2 Å². The summed E-state index contributed by atoms with van der Waals surface area (Å²) in [5.41, 5.74) is 1.88. The molecular formula is C16H21F3N4O5S. The summed E-state index contributed by atoms with van der Waals surface area (Å²) in [6.45, 7) is 3.66.